The van der Waals surface area contributed by atoms with E-state index in [-0.39, 0.29) is 0 Å². The van der Waals surface area contributed by atoms with Crippen molar-refractivity contribution in [1.29, 1.82) is 0 Å². The van der Waals surface area contributed by atoms with Crippen molar-refractivity contribution < 1.29 is 5.11 Å². The lowest BCUT2D eigenvalue weighted by Crippen LogP contribution is -2.01. The Bertz CT molecular complexity index is 352. The van der Waals surface area contributed by atoms with E-state index in [9.17, 15) is 0 Å². The van der Waals surface area contributed by atoms with Crippen molar-refractivity contribution in [3.05, 3.63) is 0 Å². The van der Waals surface area contributed by atoms with Gasteiger partial charge in [0.15, 0.2) is 0 Å². The Labute approximate surface area is 224 Å². The molecule has 0 rings (SSSR count). The van der Waals surface area contributed by atoms with E-state index in [0.29, 0.717) is 6.61 Å². The molecule has 1 N–H and O–H groups in total. The van der Waals surface area contributed by atoms with Crippen molar-refractivity contribution in [2.24, 2.45) is 5.92 Å². The van der Waals surface area contributed by atoms with Crippen molar-refractivity contribution in [3.63, 3.8) is 0 Å². The molecule has 0 radical (unpaired) electrons. The number of aliphatic hydroxyl groups excluding tert-OH is 1. The van der Waals surface area contributed by atoms with Crippen LogP contribution in [0, 0.1) is 5.92 Å². The molecule has 0 aromatic rings. The Hall–Kier alpha value is -0.0400. The van der Waals surface area contributed by atoms with Gasteiger partial charge >= 0.3 is 0 Å². The molecule has 35 heavy (non-hydrogen) atoms. The molecule has 0 spiro atoms. The Kier molecular flexibility index (Phi) is 32.0. The summed E-state index contributed by atoms with van der Waals surface area (Å²) in [5.41, 5.74) is 0. The van der Waals surface area contributed by atoms with Crippen molar-refractivity contribution in [2.45, 2.75) is 206 Å². The van der Waals surface area contributed by atoms with Crippen LogP contribution in [0.4, 0.5) is 0 Å². The fraction of sp³-hybridized carbons (Fsp3) is 1.00. The highest BCUT2D eigenvalue weighted by Gasteiger charge is 2.08. The lowest BCUT2D eigenvalue weighted by Gasteiger charge is -2.17. The van der Waals surface area contributed by atoms with Crippen LogP contribution in [-0.4, -0.2) is 11.7 Å². The first-order valence-electron chi connectivity index (χ1n) is 17.0. The molecule has 0 aromatic heterocycles. The highest BCUT2D eigenvalue weighted by molar-refractivity contribution is 4.62. The molecule has 0 aliphatic rings. The summed E-state index contributed by atoms with van der Waals surface area (Å²) in [6, 6.07) is 0. The molecular weight excluding hydrogens is 424 g/mol. The zero-order valence-corrected chi connectivity index (χ0v) is 24.9. The minimum Gasteiger partial charge on any atom is -0.396 e. The summed E-state index contributed by atoms with van der Waals surface area (Å²) in [7, 11) is 0. The molecule has 0 heterocycles. The largest absolute Gasteiger partial charge is 0.396 e. The Morgan fingerprint density at radius 3 is 0.857 bits per heavy atom. The Morgan fingerprint density at radius 1 is 0.314 bits per heavy atom. The van der Waals surface area contributed by atoms with Crippen molar-refractivity contribution >= 4 is 0 Å². The maximum atomic E-state index is 8.83. The SMILES string of the molecule is CCCCCCCCCCCCCCCCC(CCCCC)CCCCCCCCCCCCO. The first-order chi connectivity index (χ1) is 17.3. The average Bonchev–Trinajstić information content (AvgIpc) is 2.87. The molecule has 1 unspecified atom stereocenters. The molecule has 1 heteroatoms. The normalized spacial score (nSPS) is 12.4. The van der Waals surface area contributed by atoms with E-state index in [1.165, 1.54) is 186 Å². The van der Waals surface area contributed by atoms with Gasteiger partial charge in [0.1, 0.15) is 0 Å². The van der Waals surface area contributed by atoms with Gasteiger partial charge in [0.25, 0.3) is 0 Å². The molecule has 212 valence electrons. The summed E-state index contributed by atoms with van der Waals surface area (Å²) < 4.78 is 0. The molecule has 1 atom stereocenters. The monoisotopic (exact) mass is 495 g/mol. The van der Waals surface area contributed by atoms with Crippen LogP contribution >= 0.6 is 0 Å². The highest BCUT2D eigenvalue weighted by Crippen LogP contribution is 2.24. The van der Waals surface area contributed by atoms with Crippen LogP contribution in [-0.2, 0) is 0 Å². The second-order valence-electron chi connectivity index (χ2n) is 11.8. The van der Waals surface area contributed by atoms with E-state index < -0.39 is 0 Å². The molecule has 0 fully saturated rings. The molecule has 0 aromatic carbocycles. The third-order valence-electron chi connectivity index (χ3n) is 8.20. The van der Waals surface area contributed by atoms with E-state index in [1.807, 2.05) is 0 Å². The van der Waals surface area contributed by atoms with Crippen LogP contribution in [0.3, 0.4) is 0 Å². The predicted octanol–water partition coefficient (Wildman–Crippen LogP) is 12.3. The molecule has 0 saturated carbocycles. The van der Waals surface area contributed by atoms with Crippen LogP contribution in [0.5, 0.6) is 0 Å². The van der Waals surface area contributed by atoms with Gasteiger partial charge in [0, 0.05) is 6.61 Å². The molecule has 0 aliphatic heterocycles. The summed E-state index contributed by atoms with van der Waals surface area (Å²) in [5.74, 6) is 1.02. The molecule has 0 aliphatic carbocycles. The minimum atomic E-state index is 0.374. The first kappa shape index (κ1) is 35.0. The number of rotatable bonds is 31. The van der Waals surface area contributed by atoms with Gasteiger partial charge in [-0.1, -0.05) is 200 Å². The topological polar surface area (TPSA) is 20.2 Å². The number of aliphatic hydroxyl groups is 1. The van der Waals surface area contributed by atoms with E-state index in [2.05, 4.69) is 13.8 Å². The van der Waals surface area contributed by atoms with Gasteiger partial charge < -0.3 is 5.11 Å². The number of hydrogen-bond donors (Lipinski definition) is 1. The van der Waals surface area contributed by atoms with E-state index in [1.54, 1.807) is 0 Å². The third-order valence-corrected chi connectivity index (χ3v) is 8.20. The van der Waals surface area contributed by atoms with Gasteiger partial charge in [-0.2, -0.15) is 0 Å². The van der Waals surface area contributed by atoms with Crippen LogP contribution in [0.25, 0.3) is 0 Å². The van der Waals surface area contributed by atoms with Gasteiger partial charge in [0.05, 0.1) is 0 Å². The standard InChI is InChI=1S/C34H70O/c1-3-5-7-8-9-10-11-12-13-14-17-20-23-27-31-34(30-26-6-4-2)32-28-24-21-18-15-16-19-22-25-29-33-35/h34-35H,3-33H2,1-2H3. The summed E-state index contributed by atoms with van der Waals surface area (Å²) in [6.45, 7) is 5.02. The Balaban J connectivity index is 3.56. The third kappa shape index (κ3) is 30.1. The Morgan fingerprint density at radius 2 is 0.543 bits per heavy atom. The van der Waals surface area contributed by atoms with Gasteiger partial charge in [-0.15, -0.1) is 0 Å². The lowest BCUT2D eigenvalue weighted by atomic mass is 9.89. The maximum Gasteiger partial charge on any atom is 0.0431 e. The number of hydrogen-bond acceptors (Lipinski definition) is 1. The summed E-state index contributed by atoms with van der Waals surface area (Å²) in [5, 5.41) is 8.83. The van der Waals surface area contributed by atoms with Crippen molar-refractivity contribution in [1.82, 2.24) is 0 Å². The predicted molar refractivity (Wildman–Crippen MR) is 160 cm³/mol. The lowest BCUT2D eigenvalue weighted by molar-refractivity contribution is 0.282. The van der Waals surface area contributed by atoms with Crippen LogP contribution in [0.15, 0.2) is 0 Å². The van der Waals surface area contributed by atoms with Crippen molar-refractivity contribution in [3.8, 4) is 0 Å². The maximum absolute atomic E-state index is 8.83. The zero-order valence-electron chi connectivity index (χ0n) is 24.9. The molecule has 1 nitrogen and oxygen atoms in total. The van der Waals surface area contributed by atoms with Gasteiger partial charge in [0.2, 0.25) is 0 Å². The van der Waals surface area contributed by atoms with Crippen LogP contribution < -0.4 is 0 Å². The summed E-state index contributed by atoms with van der Waals surface area (Å²) in [6.07, 6.45) is 43.0. The second kappa shape index (κ2) is 32.0. The average molecular weight is 495 g/mol. The zero-order chi connectivity index (χ0) is 25.5. The summed E-state index contributed by atoms with van der Waals surface area (Å²) >= 11 is 0. The van der Waals surface area contributed by atoms with Gasteiger partial charge in [-0.05, 0) is 12.3 Å². The van der Waals surface area contributed by atoms with Gasteiger partial charge in [-0.25, -0.2) is 0 Å². The molecule has 0 saturated heterocycles. The fourth-order valence-electron chi connectivity index (χ4n) is 5.70. The molecular formula is C34H70O. The quantitative estimate of drug-likeness (QED) is 0.0950. The summed E-state index contributed by atoms with van der Waals surface area (Å²) in [4.78, 5) is 0. The van der Waals surface area contributed by atoms with Crippen LogP contribution in [0.1, 0.15) is 206 Å². The highest BCUT2D eigenvalue weighted by atomic mass is 16.2. The molecule has 0 amide bonds. The fourth-order valence-corrected chi connectivity index (χ4v) is 5.70. The van der Waals surface area contributed by atoms with E-state index in [0.717, 1.165) is 12.3 Å². The first-order valence-corrected chi connectivity index (χ1v) is 17.0. The molecule has 0 bridgehead atoms. The smallest absolute Gasteiger partial charge is 0.0431 e. The van der Waals surface area contributed by atoms with E-state index in [4.69, 9.17) is 5.11 Å². The van der Waals surface area contributed by atoms with Gasteiger partial charge in [-0.3, -0.25) is 0 Å². The number of unbranched alkanes of at least 4 members (excludes halogenated alkanes) is 24. The van der Waals surface area contributed by atoms with Crippen LogP contribution in [0.2, 0.25) is 0 Å². The second-order valence-corrected chi connectivity index (χ2v) is 11.8. The van der Waals surface area contributed by atoms with E-state index >= 15 is 0 Å². The van der Waals surface area contributed by atoms with Crippen molar-refractivity contribution in [2.75, 3.05) is 6.61 Å². The minimum absolute atomic E-state index is 0.374.